The van der Waals surface area contributed by atoms with Crippen molar-refractivity contribution in [3.8, 4) is 5.75 Å². The molecule has 2 aromatic carbocycles. The number of piperidine rings is 1. The molecule has 0 saturated carbocycles. The summed E-state index contributed by atoms with van der Waals surface area (Å²) < 4.78 is 33.0. The molecule has 0 radical (unpaired) electrons. The Kier molecular flexibility index (Phi) is 7.86. The zero-order valence-corrected chi connectivity index (χ0v) is 19.8. The van der Waals surface area contributed by atoms with E-state index < -0.39 is 15.9 Å². The smallest absolute Gasteiger partial charge is 0.243 e. The molecule has 3 rings (SSSR count). The van der Waals surface area contributed by atoms with Crippen molar-refractivity contribution in [2.75, 3.05) is 19.7 Å². The summed E-state index contributed by atoms with van der Waals surface area (Å²) in [5.74, 6) is -0.140. The Bertz CT molecular complexity index is 1030. The van der Waals surface area contributed by atoms with Gasteiger partial charge in [-0.05, 0) is 62.6 Å². The number of hydrogen-bond donors (Lipinski definition) is 1. The van der Waals surface area contributed by atoms with Gasteiger partial charge in [0.05, 0.1) is 28.5 Å². The molecular formula is C22H26Cl2N2O4S. The number of hydrogen-bond acceptors (Lipinski definition) is 4. The Balaban J connectivity index is 1.69. The largest absolute Gasteiger partial charge is 0.492 e. The van der Waals surface area contributed by atoms with Crippen LogP contribution in [-0.2, 0) is 14.8 Å². The second kappa shape index (κ2) is 10.2. The molecule has 0 unspecified atom stereocenters. The highest BCUT2D eigenvalue weighted by molar-refractivity contribution is 7.89. The van der Waals surface area contributed by atoms with Crippen molar-refractivity contribution in [3.63, 3.8) is 0 Å². The number of ether oxygens (including phenoxy) is 1. The first kappa shape index (κ1) is 23.9. The Morgan fingerprint density at radius 2 is 1.94 bits per heavy atom. The van der Waals surface area contributed by atoms with Crippen molar-refractivity contribution < 1.29 is 17.9 Å². The summed E-state index contributed by atoms with van der Waals surface area (Å²) in [4.78, 5) is 12.9. The summed E-state index contributed by atoms with van der Waals surface area (Å²) in [5, 5.41) is 3.86. The van der Waals surface area contributed by atoms with Gasteiger partial charge >= 0.3 is 0 Å². The highest BCUT2D eigenvalue weighted by Gasteiger charge is 2.34. The average Bonchev–Trinajstić information content (AvgIpc) is 2.75. The molecule has 0 aliphatic carbocycles. The van der Waals surface area contributed by atoms with Crippen LogP contribution in [0, 0.1) is 5.92 Å². The van der Waals surface area contributed by atoms with E-state index in [1.165, 1.54) is 16.4 Å². The fourth-order valence-electron chi connectivity index (χ4n) is 3.60. The van der Waals surface area contributed by atoms with E-state index >= 15 is 0 Å². The van der Waals surface area contributed by atoms with Crippen molar-refractivity contribution >= 4 is 39.1 Å². The van der Waals surface area contributed by atoms with Gasteiger partial charge in [0.2, 0.25) is 15.9 Å². The first-order valence-corrected chi connectivity index (χ1v) is 12.4. The number of halogens is 2. The number of amides is 1. The molecule has 1 saturated heterocycles. The lowest BCUT2D eigenvalue weighted by Gasteiger charge is -2.32. The molecule has 1 heterocycles. The van der Waals surface area contributed by atoms with E-state index in [9.17, 15) is 13.2 Å². The molecule has 31 heavy (non-hydrogen) atoms. The van der Waals surface area contributed by atoms with Gasteiger partial charge in [-0.25, -0.2) is 8.42 Å². The SMILES string of the molecule is CCOc1ccc(S(=O)(=O)N2CCC[C@@H](C(=O)N[C@@H](C)c3ccc(Cl)cc3)C2)cc1Cl. The lowest BCUT2D eigenvalue weighted by molar-refractivity contribution is -0.126. The summed E-state index contributed by atoms with van der Waals surface area (Å²) >= 11 is 12.1. The molecule has 1 amide bonds. The second-order valence-electron chi connectivity index (χ2n) is 7.51. The van der Waals surface area contributed by atoms with Crippen LogP contribution in [-0.4, -0.2) is 38.3 Å². The molecule has 9 heteroatoms. The van der Waals surface area contributed by atoms with E-state index in [1.807, 2.05) is 26.0 Å². The zero-order valence-electron chi connectivity index (χ0n) is 17.5. The summed E-state index contributed by atoms with van der Waals surface area (Å²) in [7, 11) is -3.77. The van der Waals surface area contributed by atoms with E-state index in [-0.39, 0.29) is 28.4 Å². The molecule has 168 valence electrons. The predicted octanol–water partition coefficient (Wildman–Crippen LogP) is 4.67. The van der Waals surface area contributed by atoms with Gasteiger partial charge in [0, 0.05) is 18.1 Å². The van der Waals surface area contributed by atoms with E-state index in [1.54, 1.807) is 18.2 Å². The summed E-state index contributed by atoms with van der Waals surface area (Å²) in [6.45, 7) is 4.65. The molecule has 2 aromatic rings. The average molecular weight is 485 g/mol. The van der Waals surface area contributed by atoms with Gasteiger partial charge < -0.3 is 10.1 Å². The van der Waals surface area contributed by atoms with Crippen LogP contribution < -0.4 is 10.1 Å². The van der Waals surface area contributed by atoms with Crippen LogP contribution in [0.4, 0.5) is 0 Å². The van der Waals surface area contributed by atoms with E-state index in [0.29, 0.717) is 36.8 Å². The Morgan fingerprint density at radius 1 is 1.23 bits per heavy atom. The lowest BCUT2D eigenvalue weighted by Crippen LogP contribution is -2.45. The molecule has 1 N–H and O–H groups in total. The number of sulfonamides is 1. The van der Waals surface area contributed by atoms with Gasteiger partial charge in [-0.1, -0.05) is 35.3 Å². The molecule has 1 aliphatic rings. The first-order chi connectivity index (χ1) is 14.7. The molecule has 6 nitrogen and oxygen atoms in total. The summed E-state index contributed by atoms with van der Waals surface area (Å²) in [5.41, 5.74) is 0.932. The number of benzene rings is 2. The maximum absolute atomic E-state index is 13.1. The molecular weight excluding hydrogens is 459 g/mol. The third kappa shape index (κ3) is 5.71. The summed E-state index contributed by atoms with van der Waals surface area (Å²) in [6, 6.07) is 11.5. The van der Waals surface area contributed by atoms with Crippen LogP contribution in [0.25, 0.3) is 0 Å². The number of nitrogens with zero attached hydrogens (tertiary/aromatic N) is 1. The van der Waals surface area contributed by atoms with Gasteiger partial charge in [0.1, 0.15) is 5.75 Å². The van der Waals surface area contributed by atoms with Crippen LogP contribution in [0.5, 0.6) is 5.75 Å². The minimum absolute atomic E-state index is 0.0940. The maximum Gasteiger partial charge on any atom is 0.243 e. The van der Waals surface area contributed by atoms with Crippen LogP contribution in [0.15, 0.2) is 47.4 Å². The maximum atomic E-state index is 13.1. The highest BCUT2D eigenvalue weighted by atomic mass is 35.5. The standard InChI is InChI=1S/C22H26Cl2N2O4S/c1-3-30-21-11-10-19(13-20(21)24)31(28,29)26-12-4-5-17(14-26)22(27)25-15(2)16-6-8-18(23)9-7-16/h6-11,13,15,17H,3-5,12,14H2,1-2H3,(H,25,27)/t15-,17+/m0/s1. The quantitative estimate of drug-likeness (QED) is 0.619. The molecule has 2 atom stereocenters. The fraction of sp³-hybridized carbons (Fsp3) is 0.409. The van der Waals surface area contributed by atoms with Gasteiger partial charge in [-0.2, -0.15) is 4.31 Å². The number of rotatable bonds is 7. The van der Waals surface area contributed by atoms with Crippen LogP contribution >= 0.6 is 23.2 Å². The number of nitrogens with one attached hydrogen (secondary N) is 1. The van der Waals surface area contributed by atoms with E-state index in [4.69, 9.17) is 27.9 Å². The molecule has 0 bridgehead atoms. The fourth-order valence-corrected chi connectivity index (χ4v) is 5.58. The monoisotopic (exact) mass is 484 g/mol. The van der Waals surface area contributed by atoms with Crippen LogP contribution in [0.2, 0.25) is 10.0 Å². The van der Waals surface area contributed by atoms with Gasteiger partial charge in [-0.3, -0.25) is 4.79 Å². The zero-order chi connectivity index (χ0) is 22.6. The first-order valence-electron chi connectivity index (χ1n) is 10.2. The molecule has 1 fully saturated rings. The second-order valence-corrected chi connectivity index (χ2v) is 10.3. The third-order valence-corrected chi connectivity index (χ3v) is 7.73. The Hall–Kier alpha value is -1.80. The van der Waals surface area contributed by atoms with Crippen molar-refractivity contribution in [1.29, 1.82) is 0 Å². The van der Waals surface area contributed by atoms with Crippen LogP contribution in [0.1, 0.15) is 38.3 Å². The van der Waals surface area contributed by atoms with Gasteiger partial charge in [-0.15, -0.1) is 0 Å². The van der Waals surface area contributed by atoms with Crippen molar-refractivity contribution in [1.82, 2.24) is 9.62 Å². The lowest BCUT2D eigenvalue weighted by atomic mass is 9.98. The number of carbonyl (C=O) groups excluding carboxylic acids is 1. The highest BCUT2D eigenvalue weighted by Crippen LogP contribution is 2.30. The predicted molar refractivity (Wildman–Crippen MR) is 122 cm³/mol. The third-order valence-electron chi connectivity index (χ3n) is 5.32. The normalized spacial score (nSPS) is 18.4. The van der Waals surface area contributed by atoms with Gasteiger partial charge in [0.25, 0.3) is 0 Å². The van der Waals surface area contributed by atoms with Crippen LogP contribution in [0.3, 0.4) is 0 Å². The number of carbonyl (C=O) groups is 1. The van der Waals surface area contributed by atoms with E-state index in [0.717, 1.165) is 5.56 Å². The van der Waals surface area contributed by atoms with E-state index in [2.05, 4.69) is 5.32 Å². The topological polar surface area (TPSA) is 75.7 Å². The minimum atomic E-state index is -3.77. The Labute approximate surface area is 193 Å². The van der Waals surface area contributed by atoms with Crippen molar-refractivity contribution in [2.24, 2.45) is 5.92 Å². The molecule has 1 aliphatic heterocycles. The van der Waals surface area contributed by atoms with Crippen molar-refractivity contribution in [3.05, 3.63) is 58.1 Å². The molecule has 0 aromatic heterocycles. The summed E-state index contributed by atoms with van der Waals surface area (Å²) in [6.07, 6.45) is 1.24. The minimum Gasteiger partial charge on any atom is -0.492 e. The van der Waals surface area contributed by atoms with Crippen molar-refractivity contribution in [2.45, 2.75) is 37.6 Å². The Morgan fingerprint density at radius 3 is 2.58 bits per heavy atom. The van der Waals surface area contributed by atoms with Gasteiger partial charge in [0.15, 0.2) is 0 Å². The molecule has 0 spiro atoms.